The molecule has 2 aromatic rings. The number of aromatic nitrogens is 3. The van der Waals surface area contributed by atoms with Gasteiger partial charge < -0.3 is 9.72 Å². The Hall–Kier alpha value is -2.28. The van der Waals surface area contributed by atoms with Gasteiger partial charge >= 0.3 is 5.97 Å². The summed E-state index contributed by atoms with van der Waals surface area (Å²) in [7, 11) is 3.22. The number of fused-ring (bicyclic) bond motifs is 1. The molecule has 0 amide bonds. The van der Waals surface area contributed by atoms with E-state index >= 15 is 0 Å². The molecule has 7 nitrogen and oxygen atoms in total. The van der Waals surface area contributed by atoms with Gasteiger partial charge in [-0.1, -0.05) is 0 Å². The Morgan fingerprint density at radius 1 is 1.43 bits per heavy atom. The lowest BCUT2D eigenvalue weighted by Gasteiger charge is -2.26. The molecule has 0 unspecified atom stereocenters. The summed E-state index contributed by atoms with van der Waals surface area (Å²) in [6, 6.07) is 3.61. The SMILES string of the molecule is COC(=O)c1ccc(CN2CCc3c(n(C)[nH]c3=O)C2)[nH]1. The second kappa shape index (κ2) is 5.25. The molecule has 0 aromatic carbocycles. The molecule has 2 N–H and O–H groups in total. The van der Waals surface area contributed by atoms with Crippen molar-refractivity contribution in [1.29, 1.82) is 0 Å². The third-order valence-corrected chi connectivity index (χ3v) is 3.89. The number of rotatable bonds is 3. The minimum absolute atomic E-state index is 0.0139. The van der Waals surface area contributed by atoms with E-state index in [1.165, 1.54) is 7.11 Å². The number of ether oxygens (including phenoxy) is 1. The fourth-order valence-corrected chi connectivity index (χ4v) is 2.78. The van der Waals surface area contributed by atoms with Gasteiger partial charge in [-0.25, -0.2) is 4.79 Å². The van der Waals surface area contributed by atoms with E-state index in [9.17, 15) is 9.59 Å². The predicted molar refractivity (Wildman–Crippen MR) is 76.0 cm³/mol. The van der Waals surface area contributed by atoms with E-state index in [1.54, 1.807) is 10.7 Å². The zero-order valence-corrected chi connectivity index (χ0v) is 12.1. The highest BCUT2D eigenvalue weighted by Crippen LogP contribution is 2.17. The van der Waals surface area contributed by atoms with Crippen molar-refractivity contribution in [2.75, 3.05) is 13.7 Å². The van der Waals surface area contributed by atoms with Crippen molar-refractivity contribution < 1.29 is 9.53 Å². The largest absolute Gasteiger partial charge is 0.464 e. The Morgan fingerprint density at radius 2 is 2.24 bits per heavy atom. The molecule has 1 aliphatic heterocycles. The fraction of sp³-hybridized carbons (Fsp3) is 0.429. The lowest BCUT2D eigenvalue weighted by Crippen LogP contribution is -2.32. The smallest absolute Gasteiger partial charge is 0.354 e. The number of aromatic amines is 2. The van der Waals surface area contributed by atoms with Gasteiger partial charge in [0.15, 0.2) is 0 Å². The normalized spacial score (nSPS) is 15.0. The molecule has 112 valence electrons. The van der Waals surface area contributed by atoms with Crippen LogP contribution in [-0.4, -0.2) is 39.3 Å². The molecule has 3 heterocycles. The highest BCUT2D eigenvalue weighted by Gasteiger charge is 2.22. The van der Waals surface area contributed by atoms with Crippen molar-refractivity contribution in [2.45, 2.75) is 19.5 Å². The Kier molecular flexibility index (Phi) is 3.42. The Labute approximate surface area is 121 Å². The van der Waals surface area contributed by atoms with E-state index < -0.39 is 0 Å². The van der Waals surface area contributed by atoms with Crippen LogP contribution in [0.5, 0.6) is 0 Å². The molecule has 0 bridgehead atoms. The fourth-order valence-electron chi connectivity index (χ4n) is 2.78. The lowest BCUT2D eigenvalue weighted by atomic mass is 10.1. The molecule has 3 rings (SSSR count). The molecule has 7 heteroatoms. The van der Waals surface area contributed by atoms with Gasteiger partial charge in [-0.2, -0.15) is 0 Å². The van der Waals surface area contributed by atoms with Crippen LogP contribution < -0.4 is 5.56 Å². The first-order valence-electron chi connectivity index (χ1n) is 6.84. The number of esters is 1. The topological polar surface area (TPSA) is 83.1 Å². The van der Waals surface area contributed by atoms with Crippen LogP contribution in [-0.2, 0) is 31.3 Å². The zero-order chi connectivity index (χ0) is 15.0. The molecule has 0 spiro atoms. The van der Waals surface area contributed by atoms with E-state index in [0.29, 0.717) is 12.2 Å². The van der Waals surface area contributed by atoms with Crippen LogP contribution in [0.2, 0.25) is 0 Å². The standard InChI is InChI=1S/C14H18N4O3/c1-17-12-8-18(6-5-10(12)13(19)16-17)7-9-3-4-11(15-9)14(20)21-2/h3-4,15H,5-8H2,1-2H3,(H,16,19). The van der Waals surface area contributed by atoms with E-state index in [-0.39, 0.29) is 11.5 Å². The summed E-state index contributed by atoms with van der Waals surface area (Å²) in [4.78, 5) is 28.4. The van der Waals surface area contributed by atoms with Crippen molar-refractivity contribution in [3.05, 3.63) is 45.1 Å². The number of hydrogen-bond donors (Lipinski definition) is 2. The number of methoxy groups -OCH3 is 1. The monoisotopic (exact) mass is 290 g/mol. The average molecular weight is 290 g/mol. The summed E-state index contributed by atoms with van der Waals surface area (Å²) in [6.07, 6.45) is 0.746. The molecule has 21 heavy (non-hydrogen) atoms. The second-order valence-corrected chi connectivity index (χ2v) is 5.27. The molecule has 1 aliphatic rings. The van der Waals surface area contributed by atoms with Crippen LogP contribution in [0.15, 0.2) is 16.9 Å². The van der Waals surface area contributed by atoms with Crippen molar-refractivity contribution in [3.63, 3.8) is 0 Å². The number of aryl methyl sites for hydroxylation is 1. The average Bonchev–Trinajstić information content (AvgIpc) is 3.04. The zero-order valence-electron chi connectivity index (χ0n) is 12.1. The second-order valence-electron chi connectivity index (χ2n) is 5.27. The molecule has 0 atom stereocenters. The maximum absolute atomic E-state index is 11.7. The number of nitrogens with zero attached hydrogens (tertiary/aromatic N) is 2. The molecular formula is C14H18N4O3. The first-order chi connectivity index (χ1) is 10.1. The molecule has 0 fully saturated rings. The van der Waals surface area contributed by atoms with Gasteiger partial charge in [0, 0.05) is 37.9 Å². The molecule has 0 aliphatic carbocycles. The van der Waals surface area contributed by atoms with Crippen molar-refractivity contribution >= 4 is 5.97 Å². The van der Waals surface area contributed by atoms with Gasteiger partial charge in [-0.3, -0.25) is 19.5 Å². The summed E-state index contributed by atoms with van der Waals surface area (Å²) in [5, 5.41) is 2.79. The molecule has 0 saturated carbocycles. The summed E-state index contributed by atoms with van der Waals surface area (Å²) >= 11 is 0. The number of H-pyrrole nitrogens is 2. The van der Waals surface area contributed by atoms with Crippen LogP contribution in [0.25, 0.3) is 0 Å². The number of nitrogens with one attached hydrogen (secondary N) is 2. The van der Waals surface area contributed by atoms with Gasteiger partial charge in [0.05, 0.1) is 12.8 Å². The van der Waals surface area contributed by atoms with E-state index in [0.717, 1.165) is 36.5 Å². The molecule has 0 saturated heterocycles. The first-order valence-corrected chi connectivity index (χ1v) is 6.84. The van der Waals surface area contributed by atoms with E-state index in [2.05, 4.69) is 19.7 Å². The number of carbonyl (C=O) groups excluding carboxylic acids is 1. The predicted octanol–water partition coefficient (Wildman–Crippen LogP) is 0.386. The number of carbonyl (C=O) groups is 1. The van der Waals surface area contributed by atoms with Crippen LogP contribution in [0, 0.1) is 0 Å². The molecule has 0 radical (unpaired) electrons. The van der Waals surface area contributed by atoms with E-state index in [4.69, 9.17) is 0 Å². The van der Waals surface area contributed by atoms with Gasteiger partial charge in [0.1, 0.15) is 5.69 Å². The third-order valence-electron chi connectivity index (χ3n) is 3.89. The minimum atomic E-state index is -0.366. The van der Waals surface area contributed by atoms with Crippen molar-refractivity contribution in [1.82, 2.24) is 19.7 Å². The van der Waals surface area contributed by atoms with Crippen LogP contribution >= 0.6 is 0 Å². The maximum Gasteiger partial charge on any atom is 0.354 e. The van der Waals surface area contributed by atoms with Gasteiger partial charge in [-0.05, 0) is 18.6 Å². The summed E-state index contributed by atoms with van der Waals surface area (Å²) in [5.74, 6) is -0.366. The van der Waals surface area contributed by atoms with Crippen LogP contribution in [0.4, 0.5) is 0 Å². The van der Waals surface area contributed by atoms with Crippen molar-refractivity contribution in [3.8, 4) is 0 Å². The number of hydrogen-bond acceptors (Lipinski definition) is 4. The Morgan fingerprint density at radius 3 is 3.00 bits per heavy atom. The summed E-state index contributed by atoms with van der Waals surface area (Å²) in [5.41, 5.74) is 3.35. The maximum atomic E-state index is 11.7. The Balaban J connectivity index is 1.72. The van der Waals surface area contributed by atoms with Crippen LogP contribution in [0.1, 0.15) is 27.4 Å². The van der Waals surface area contributed by atoms with Gasteiger partial charge in [0.25, 0.3) is 5.56 Å². The minimum Gasteiger partial charge on any atom is -0.464 e. The van der Waals surface area contributed by atoms with Gasteiger partial charge in [0.2, 0.25) is 0 Å². The first kappa shape index (κ1) is 13.7. The van der Waals surface area contributed by atoms with Gasteiger partial charge in [-0.15, -0.1) is 0 Å². The highest BCUT2D eigenvalue weighted by atomic mass is 16.5. The summed E-state index contributed by atoms with van der Waals surface area (Å²) < 4.78 is 6.47. The molecule has 2 aromatic heterocycles. The van der Waals surface area contributed by atoms with E-state index in [1.807, 2.05) is 13.1 Å². The summed E-state index contributed by atoms with van der Waals surface area (Å²) in [6.45, 7) is 2.25. The Bertz CT molecular complexity index is 725. The molecular weight excluding hydrogens is 272 g/mol. The third kappa shape index (κ3) is 2.52. The van der Waals surface area contributed by atoms with Crippen molar-refractivity contribution in [2.24, 2.45) is 7.05 Å². The quantitative estimate of drug-likeness (QED) is 0.801. The lowest BCUT2D eigenvalue weighted by molar-refractivity contribution is 0.0594. The highest BCUT2D eigenvalue weighted by molar-refractivity contribution is 5.87. The van der Waals surface area contributed by atoms with Crippen LogP contribution in [0.3, 0.4) is 0 Å².